The summed E-state index contributed by atoms with van der Waals surface area (Å²) in [5.74, 6) is -1.08. The molecule has 0 saturated carbocycles. The fourth-order valence-corrected chi connectivity index (χ4v) is 5.98. The van der Waals surface area contributed by atoms with Crippen molar-refractivity contribution in [3.8, 4) is 0 Å². The molecule has 4 heterocycles. The minimum atomic E-state index is -1.74. The van der Waals surface area contributed by atoms with Gasteiger partial charge in [0.25, 0.3) is 0 Å². The van der Waals surface area contributed by atoms with E-state index in [4.69, 9.17) is 9.47 Å². The first-order chi connectivity index (χ1) is 15.1. The van der Waals surface area contributed by atoms with Gasteiger partial charge in [0.2, 0.25) is 0 Å². The number of nitrogens with zero attached hydrogens (tertiary/aromatic N) is 2. The zero-order valence-electron chi connectivity index (χ0n) is 19.5. The van der Waals surface area contributed by atoms with Crippen molar-refractivity contribution in [2.24, 2.45) is 5.92 Å². The molecule has 1 aromatic heterocycles. The number of aliphatic hydroxyl groups excluding tert-OH is 2. The zero-order chi connectivity index (χ0) is 23.3. The highest BCUT2D eigenvalue weighted by atomic mass is 16.6. The van der Waals surface area contributed by atoms with Crippen LogP contribution in [0.1, 0.15) is 51.0 Å². The van der Waals surface area contributed by atoms with E-state index in [2.05, 4.69) is 16.7 Å². The summed E-state index contributed by atoms with van der Waals surface area (Å²) in [6.07, 6.45) is 3.89. The number of aliphatic hydroxyl groups is 3. The van der Waals surface area contributed by atoms with Gasteiger partial charge in [0, 0.05) is 37.4 Å². The van der Waals surface area contributed by atoms with Crippen LogP contribution in [0.4, 0.5) is 0 Å². The van der Waals surface area contributed by atoms with Crippen molar-refractivity contribution in [3.05, 3.63) is 35.2 Å². The third-order valence-electron chi connectivity index (χ3n) is 8.01. The molecule has 3 aliphatic heterocycles. The second kappa shape index (κ2) is 8.57. The number of quaternary nitrogens is 1. The summed E-state index contributed by atoms with van der Waals surface area (Å²) in [7, 11) is 1.46. The maximum absolute atomic E-state index is 12.9. The van der Waals surface area contributed by atoms with Crippen LogP contribution in [0.2, 0.25) is 0 Å². The molecule has 8 heteroatoms. The molecule has 3 aliphatic rings. The Hall–Kier alpha value is -1.71. The van der Waals surface area contributed by atoms with Gasteiger partial charge in [0.05, 0.1) is 31.0 Å². The quantitative estimate of drug-likeness (QED) is 0.314. The van der Waals surface area contributed by atoms with E-state index in [1.165, 1.54) is 7.11 Å². The van der Waals surface area contributed by atoms with Crippen molar-refractivity contribution in [1.29, 1.82) is 0 Å². The summed E-state index contributed by atoms with van der Waals surface area (Å²) in [6, 6.07) is 1.93. The molecule has 0 aliphatic carbocycles. The van der Waals surface area contributed by atoms with Gasteiger partial charge in [-0.05, 0) is 31.4 Å². The molecular weight excluding hydrogens is 412 g/mol. The summed E-state index contributed by atoms with van der Waals surface area (Å²) in [5, 5.41) is 32.2. The minimum absolute atomic E-state index is 0.0442. The van der Waals surface area contributed by atoms with Gasteiger partial charge in [-0.1, -0.05) is 13.8 Å². The van der Waals surface area contributed by atoms with E-state index in [9.17, 15) is 20.1 Å². The van der Waals surface area contributed by atoms with Crippen molar-refractivity contribution >= 4 is 5.97 Å². The summed E-state index contributed by atoms with van der Waals surface area (Å²) in [5.41, 5.74) is 1.28. The summed E-state index contributed by atoms with van der Waals surface area (Å²) >= 11 is 0. The van der Waals surface area contributed by atoms with E-state index in [-0.39, 0.29) is 18.6 Å². The van der Waals surface area contributed by atoms with Crippen LogP contribution in [0.25, 0.3) is 0 Å². The van der Waals surface area contributed by atoms with Crippen LogP contribution in [-0.2, 0) is 27.4 Å². The molecule has 178 valence electrons. The van der Waals surface area contributed by atoms with Crippen LogP contribution in [0.15, 0.2) is 23.9 Å². The number of rotatable bonds is 8. The lowest BCUT2D eigenvalue weighted by Crippen LogP contribution is -2.54. The largest absolute Gasteiger partial charge is 0.459 e. The van der Waals surface area contributed by atoms with Gasteiger partial charge in [-0.15, -0.1) is 0 Å². The standard InChI is InChI=1S/C24H37N2O6/c1-15(2)24(30,16(3)31-4)23(29)32-14-18-7-11-26(12-8-20(28)22(18)26)13-17-5-9-25-10-6-19(27)21(17)25/h5,7,9,15-16,19-20,22,27-28,30H,6,8,10-14H2,1-4H3/q+1/t16?,19-,20-,22?,24?,26?/m0/s1. The highest BCUT2D eigenvalue weighted by Crippen LogP contribution is 2.41. The monoisotopic (exact) mass is 449 g/mol. The minimum Gasteiger partial charge on any atom is -0.459 e. The van der Waals surface area contributed by atoms with Crippen LogP contribution in [0.3, 0.4) is 0 Å². The Morgan fingerprint density at radius 2 is 2.06 bits per heavy atom. The third kappa shape index (κ3) is 3.62. The van der Waals surface area contributed by atoms with E-state index >= 15 is 0 Å². The molecule has 1 aromatic rings. The third-order valence-corrected chi connectivity index (χ3v) is 8.01. The number of ether oxygens (including phenoxy) is 2. The maximum atomic E-state index is 12.9. The molecule has 4 rings (SSSR count). The van der Waals surface area contributed by atoms with Gasteiger partial charge >= 0.3 is 5.97 Å². The molecule has 0 radical (unpaired) electrons. The Kier molecular flexibility index (Phi) is 6.28. The average molecular weight is 450 g/mol. The van der Waals surface area contributed by atoms with Crippen molar-refractivity contribution in [1.82, 2.24) is 4.57 Å². The number of methoxy groups -OCH3 is 1. The molecule has 3 N–H and O–H groups in total. The molecular formula is C24H37N2O6+. The van der Waals surface area contributed by atoms with Gasteiger partial charge < -0.3 is 33.8 Å². The predicted octanol–water partition coefficient (Wildman–Crippen LogP) is 1.28. The average Bonchev–Trinajstić information content (AvgIpc) is 3.50. The number of carbonyl (C=O) groups is 1. The normalized spacial score (nSPS) is 31.9. The SMILES string of the molecule is COC(C)C(O)(C(=O)OCC1=CC[N+]2(Cc3ccn4c3[C@@H](O)CC4)CC[C@H](O)C12)C(C)C. The molecule has 0 aromatic carbocycles. The van der Waals surface area contributed by atoms with Crippen molar-refractivity contribution in [2.75, 3.05) is 26.8 Å². The van der Waals surface area contributed by atoms with Crippen LogP contribution in [0.5, 0.6) is 0 Å². The molecule has 8 nitrogen and oxygen atoms in total. The molecule has 32 heavy (non-hydrogen) atoms. The van der Waals surface area contributed by atoms with Gasteiger partial charge in [0.15, 0.2) is 5.60 Å². The van der Waals surface area contributed by atoms with Gasteiger partial charge in [-0.2, -0.15) is 0 Å². The molecule has 0 spiro atoms. The lowest BCUT2D eigenvalue weighted by molar-refractivity contribution is -0.938. The fraction of sp³-hybridized carbons (Fsp3) is 0.708. The molecule has 0 amide bonds. The summed E-state index contributed by atoms with van der Waals surface area (Å²) < 4.78 is 13.6. The van der Waals surface area contributed by atoms with E-state index in [1.807, 2.05) is 6.20 Å². The Balaban J connectivity index is 1.49. The highest BCUT2D eigenvalue weighted by Gasteiger charge is 2.54. The van der Waals surface area contributed by atoms with Crippen molar-refractivity contribution in [2.45, 2.75) is 76.7 Å². The Morgan fingerprint density at radius 3 is 2.75 bits per heavy atom. The lowest BCUT2D eigenvalue weighted by Gasteiger charge is -2.37. The first kappa shape index (κ1) is 23.4. The first-order valence-corrected chi connectivity index (χ1v) is 11.6. The van der Waals surface area contributed by atoms with Crippen LogP contribution in [-0.4, -0.2) is 81.0 Å². The van der Waals surface area contributed by atoms with E-state index in [0.717, 1.165) is 49.4 Å². The fourth-order valence-electron chi connectivity index (χ4n) is 5.98. The van der Waals surface area contributed by atoms with Crippen molar-refractivity contribution < 1.29 is 34.1 Å². The summed E-state index contributed by atoms with van der Waals surface area (Å²) in [4.78, 5) is 12.9. The van der Waals surface area contributed by atoms with Crippen LogP contribution >= 0.6 is 0 Å². The number of fused-ring (bicyclic) bond motifs is 2. The lowest BCUT2D eigenvalue weighted by atomic mass is 9.85. The second-order valence-corrected chi connectivity index (χ2v) is 10.0. The van der Waals surface area contributed by atoms with E-state index in [1.54, 1.807) is 20.8 Å². The Bertz CT molecular complexity index is 895. The van der Waals surface area contributed by atoms with Gasteiger partial charge in [-0.25, -0.2) is 4.79 Å². The van der Waals surface area contributed by atoms with E-state index < -0.39 is 29.9 Å². The summed E-state index contributed by atoms with van der Waals surface area (Å²) in [6.45, 7) is 8.37. The van der Waals surface area contributed by atoms with Crippen LogP contribution in [0, 0.1) is 5.92 Å². The number of aryl methyl sites for hydroxylation is 1. The smallest absolute Gasteiger partial charge is 0.341 e. The van der Waals surface area contributed by atoms with Crippen LogP contribution < -0.4 is 0 Å². The first-order valence-electron chi connectivity index (χ1n) is 11.6. The highest BCUT2D eigenvalue weighted by molar-refractivity contribution is 5.80. The molecule has 0 bridgehead atoms. The number of carbonyl (C=O) groups excluding carboxylic acids is 1. The zero-order valence-corrected chi connectivity index (χ0v) is 19.5. The van der Waals surface area contributed by atoms with E-state index in [0.29, 0.717) is 10.9 Å². The van der Waals surface area contributed by atoms with Crippen molar-refractivity contribution in [3.63, 3.8) is 0 Å². The topological polar surface area (TPSA) is 101 Å². The van der Waals surface area contributed by atoms with Gasteiger partial charge in [0.1, 0.15) is 25.3 Å². The Morgan fingerprint density at radius 1 is 1.31 bits per heavy atom. The molecule has 6 atom stereocenters. The number of hydrogen-bond acceptors (Lipinski definition) is 6. The Labute approximate surface area is 189 Å². The molecule has 1 fully saturated rings. The number of esters is 1. The maximum Gasteiger partial charge on any atom is 0.341 e. The van der Waals surface area contributed by atoms with Gasteiger partial charge in [-0.3, -0.25) is 0 Å². The molecule has 1 saturated heterocycles. The molecule has 4 unspecified atom stereocenters. The predicted molar refractivity (Wildman–Crippen MR) is 117 cm³/mol. The second-order valence-electron chi connectivity index (χ2n) is 10.0. The number of aromatic nitrogens is 1. The number of hydrogen-bond donors (Lipinski definition) is 3.